The van der Waals surface area contributed by atoms with Gasteiger partial charge in [0.25, 0.3) is 0 Å². The van der Waals surface area contributed by atoms with Crippen LogP contribution in [0.4, 0.5) is 11.5 Å². The Hall–Kier alpha value is -2.17. The Morgan fingerprint density at radius 1 is 1.35 bits per heavy atom. The van der Waals surface area contributed by atoms with Crippen molar-refractivity contribution in [3.05, 3.63) is 24.5 Å². The zero-order valence-corrected chi connectivity index (χ0v) is 9.77. The average Bonchev–Trinajstić information content (AvgIpc) is 2.30. The third-order valence-electron chi connectivity index (χ3n) is 2.46. The van der Waals surface area contributed by atoms with Crippen LogP contribution < -0.4 is 11.1 Å². The van der Waals surface area contributed by atoms with Gasteiger partial charge in [0.2, 0.25) is 5.91 Å². The number of hydrogen-bond donors (Lipinski definition) is 2. The van der Waals surface area contributed by atoms with Gasteiger partial charge in [-0.1, -0.05) is 13.8 Å². The van der Waals surface area contributed by atoms with Gasteiger partial charge in [0.05, 0.1) is 5.52 Å². The van der Waals surface area contributed by atoms with Gasteiger partial charge in [0, 0.05) is 17.0 Å². The predicted octanol–water partition coefficient (Wildman–Crippen LogP) is 1.81. The number of hydrogen-bond acceptors (Lipinski definition) is 4. The lowest BCUT2D eigenvalue weighted by molar-refractivity contribution is -0.118. The topological polar surface area (TPSA) is 80.9 Å². The molecule has 1 aromatic carbocycles. The highest BCUT2D eigenvalue weighted by Gasteiger charge is 2.08. The summed E-state index contributed by atoms with van der Waals surface area (Å²) in [7, 11) is 0. The Balaban J connectivity index is 2.38. The third-order valence-corrected chi connectivity index (χ3v) is 2.46. The molecule has 0 aliphatic rings. The minimum absolute atomic E-state index is 0.0280. The van der Waals surface area contributed by atoms with Crippen molar-refractivity contribution in [2.75, 3.05) is 11.1 Å². The highest BCUT2D eigenvalue weighted by molar-refractivity contribution is 5.96. The molecule has 0 unspecified atom stereocenters. The lowest BCUT2D eigenvalue weighted by atomic mass is 10.1. The van der Waals surface area contributed by atoms with Crippen LogP contribution in [0.2, 0.25) is 0 Å². The number of fused-ring (bicyclic) bond motifs is 1. The van der Waals surface area contributed by atoms with E-state index in [4.69, 9.17) is 5.73 Å². The second kappa shape index (κ2) is 4.37. The number of nitrogens with zero attached hydrogens (tertiary/aromatic N) is 2. The van der Waals surface area contributed by atoms with E-state index >= 15 is 0 Å². The Bertz CT molecular complexity index is 565. The summed E-state index contributed by atoms with van der Waals surface area (Å²) in [4.78, 5) is 19.6. The van der Waals surface area contributed by atoms with E-state index in [1.54, 1.807) is 12.1 Å². The standard InChI is InChI=1S/C12H14N4O/c1-7(2)12(17)16-8-3-4-10-9(5-8)11(13)15-6-14-10/h3-7H,1-2H3,(H,16,17)(H2,13,14,15). The number of carbonyl (C=O) groups is 1. The van der Waals surface area contributed by atoms with E-state index in [9.17, 15) is 4.79 Å². The molecule has 0 fully saturated rings. The maximum atomic E-state index is 11.6. The largest absolute Gasteiger partial charge is 0.383 e. The summed E-state index contributed by atoms with van der Waals surface area (Å²) < 4.78 is 0. The second-order valence-corrected chi connectivity index (χ2v) is 4.13. The number of nitrogen functional groups attached to an aromatic ring is 1. The number of anilines is 2. The summed E-state index contributed by atoms with van der Waals surface area (Å²) in [6, 6.07) is 5.39. The van der Waals surface area contributed by atoms with Crippen LogP contribution in [-0.2, 0) is 4.79 Å². The van der Waals surface area contributed by atoms with Gasteiger partial charge in [-0.25, -0.2) is 9.97 Å². The molecule has 0 saturated carbocycles. The van der Waals surface area contributed by atoms with E-state index in [1.807, 2.05) is 19.9 Å². The minimum Gasteiger partial charge on any atom is -0.383 e. The number of amides is 1. The SMILES string of the molecule is CC(C)C(=O)Nc1ccc2ncnc(N)c2c1. The van der Waals surface area contributed by atoms with Gasteiger partial charge >= 0.3 is 0 Å². The van der Waals surface area contributed by atoms with Gasteiger partial charge < -0.3 is 11.1 Å². The summed E-state index contributed by atoms with van der Waals surface area (Å²) in [6.45, 7) is 3.68. The van der Waals surface area contributed by atoms with E-state index in [0.717, 1.165) is 10.9 Å². The van der Waals surface area contributed by atoms with Crippen LogP contribution in [0.5, 0.6) is 0 Å². The maximum Gasteiger partial charge on any atom is 0.226 e. The van der Waals surface area contributed by atoms with Crippen LogP contribution in [0.1, 0.15) is 13.8 Å². The molecule has 0 saturated heterocycles. The number of nitrogens with two attached hydrogens (primary N) is 1. The quantitative estimate of drug-likeness (QED) is 0.824. The first-order valence-corrected chi connectivity index (χ1v) is 5.39. The summed E-state index contributed by atoms with van der Waals surface area (Å²) in [5.41, 5.74) is 7.22. The zero-order chi connectivity index (χ0) is 12.4. The molecule has 3 N–H and O–H groups in total. The number of rotatable bonds is 2. The molecule has 5 nitrogen and oxygen atoms in total. The van der Waals surface area contributed by atoms with Gasteiger partial charge in [-0.3, -0.25) is 4.79 Å². The number of carbonyl (C=O) groups excluding carboxylic acids is 1. The first kappa shape index (κ1) is 11.3. The monoisotopic (exact) mass is 230 g/mol. The molecule has 0 bridgehead atoms. The molecule has 0 aliphatic carbocycles. The molecule has 5 heteroatoms. The highest BCUT2D eigenvalue weighted by Crippen LogP contribution is 2.21. The van der Waals surface area contributed by atoms with Gasteiger partial charge in [-0.05, 0) is 18.2 Å². The highest BCUT2D eigenvalue weighted by atomic mass is 16.1. The number of aromatic nitrogens is 2. The number of nitrogens with one attached hydrogen (secondary N) is 1. The Morgan fingerprint density at radius 2 is 2.12 bits per heavy atom. The molecule has 2 rings (SSSR count). The Labute approximate surface area is 99.1 Å². The van der Waals surface area contributed by atoms with E-state index in [2.05, 4.69) is 15.3 Å². The molecule has 0 spiro atoms. The van der Waals surface area contributed by atoms with Crippen LogP contribution in [0, 0.1) is 5.92 Å². The fourth-order valence-electron chi connectivity index (χ4n) is 1.44. The van der Waals surface area contributed by atoms with Crippen molar-refractivity contribution >= 4 is 28.3 Å². The summed E-state index contributed by atoms with van der Waals surface area (Å²) in [5.74, 6) is 0.325. The Kier molecular flexibility index (Phi) is 2.91. The summed E-state index contributed by atoms with van der Waals surface area (Å²) in [5, 5.41) is 3.56. The molecular formula is C12H14N4O. The van der Waals surface area contributed by atoms with Crippen molar-refractivity contribution < 1.29 is 4.79 Å². The van der Waals surface area contributed by atoms with E-state index in [-0.39, 0.29) is 11.8 Å². The molecule has 0 aliphatic heterocycles. The van der Waals surface area contributed by atoms with Crippen molar-refractivity contribution in [3.63, 3.8) is 0 Å². The van der Waals surface area contributed by atoms with Gasteiger partial charge in [0.1, 0.15) is 12.1 Å². The molecule has 2 aromatic rings. The fourth-order valence-corrected chi connectivity index (χ4v) is 1.44. The predicted molar refractivity (Wildman–Crippen MR) is 67.4 cm³/mol. The molecule has 0 radical (unpaired) electrons. The lowest BCUT2D eigenvalue weighted by Gasteiger charge is -2.08. The van der Waals surface area contributed by atoms with Crippen LogP contribution in [-0.4, -0.2) is 15.9 Å². The zero-order valence-electron chi connectivity index (χ0n) is 9.77. The second-order valence-electron chi connectivity index (χ2n) is 4.13. The Morgan fingerprint density at radius 3 is 2.82 bits per heavy atom. The molecule has 1 aromatic heterocycles. The average molecular weight is 230 g/mol. The van der Waals surface area contributed by atoms with Crippen LogP contribution >= 0.6 is 0 Å². The van der Waals surface area contributed by atoms with E-state index in [1.165, 1.54) is 6.33 Å². The normalized spacial score (nSPS) is 10.8. The fraction of sp³-hybridized carbons (Fsp3) is 0.250. The molecule has 1 amide bonds. The van der Waals surface area contributed by atoms with Crippen molar-refractivity contribution in [1.29, 1.82) is 0 Å². The van der Waals surface area contributed by atoms with Gasteiger partial charge in [-0.2, -0.15) is 0 Å². The molecular weight excluding hydrogens is 216 g/mol. The van der Waals surface area contributed by atoms with Crippen molar-refractivity contribution in [3.8, 4) is 0 Å². The van der Waals surface area contributed by atoms with Crippen LogP contribution in [0.15, 0.2) is 24.5 Å². The molecule has 17 heavy (non-hydrogen) atoms. The third kappa shape index (κ3) is 2.33. The smallest absolute Gasteiger partial charge is 0.226 e. The van der Waals surface area contributed by atoms with Gasteiger partial charge in [-0.15, -0.1) is 0 Å². The molecule has 88 valence electrons. The van der Waals surface area contributed by atoms with Crippen LogP contribution in [0.3, 0.4) is 0 Å². The lowest BCUT2D eigenvalue weighted by Crippen LogP contribution is -2.17. The summed E-state index contributed by atoms with van der Waals surface area (Å²) in [6.07, 6.45) is 1.42. The van der Waals surface area contributed by atoms with Crippen molar-refractivity contribution in [2.45, 2.75) is 13.8 Å². The van der Waals surface area contributed by atoms with Crippen molar-refractivity contribution in [2.24, 2.45) is 5.92 Å². The van der Waals surface area contributed by atoms with Crippen LogP contribution in [0.25, 0.3) is 10.9 Å². The van der Waals surface area contributed by atoms with Gasteiger partial charge in [0.15, 0.2) is 0 Å². The summed E-state index contributed by atoms with van der Waals surface area (Å²) >= 11 is 0. The number of benzene rings is 1. The molecule has 1 heterocycles. The van der Waals surface area contributed by atoms with E-state index in [0.29, 0.717) is 11.5 Å². The van der Waals surface area contributed by atoms with E-state index < -0.39 is 0 Å². The maximum absolute atomic E-state index is 11.6. The first-order chi connectivity index (χ1) is 8.08. The first-order valence-electron chi connectivity index (χ1n) is 5.39. The van der Waals surface area contributed by atoms with Crippen molar-refractivity contribution in [1.82, 2.24) is 9.97 Å². The molecule has 0 atom stereocenters. The minimum atomic E-state index is -0.0601.